The van der Waals surface area contributed by atoms with Crippen LogP contribution in [0.5, 0.6) is 0 Å². The van der Waals surface area contributed by atoms with E-state index in [1.54, 1.807) is 0 Å². The molecule has 1 aromatic carbocycles. The van der Waals surface area contributed by atoms with Gasteiger partial charge in [-0.15, -0.1) is 12.4 Å². The van der Waals surface area contributed by atoms with Gasteiger partial charge < -0.3 is 11.1 Å². The Balaban J connectivity index is 0.00000220. The molecule has 0 aliphatic heterocycles. The molecule has 0 bridgehead atoms. The maximum atomic E-state index is 11.9. The summed E-state index contributed by atoms with van der Waals surface area (Å²) in [4.78, 5) is 11.9. The van der Waals surface area contributed by atoms with Crippen molar-refractivity contribution in [2.45, 2.75) is 31.1 Å². The van der Waals surface area contributed by atoms with Crippen molar-refractivity contribution < 1.29 is 9.00 Å². The van der Waals surface area contributed by atoms with E-state index in [-0.39, 0.29) is 30.3 Å². The summed E-state index contributed by atoms with van der Waals surface area (Å²) in [5.74, 6) is 1.16. The van der Waals surface area contributed by atoms with E-state index in [4.69, 9.17) is 5.73 Å². The standard InChI is InChI=1S/C15H22N2O2S.ClH/c16-14-7-6-13(10-14)15(18)17-8-9-20(19)11-12-4-2-1-3-5-12;/h1-5,13-14H,6-11,16H2,(H,17,18);1H. The molecule has 1 aromatic rings. The van der Waals surface area contributed by atoms with Crippen molar-refractivity contribution in [1.29, 1.82) is 0 Å². The predicted octanol–water partition coefficient (Wildman–Crippen LogP) is 1.60. The minimum Gasteiger partial charge on any atom is -0.355 e. The van der Waals surface area contributed by atoms with Gasteiger partial charge in [-0.2, -0.15) is 0 Å². The maximum absolute atomic E-state index is 11.9. The summed E-state index contributed by atoms with van der Waals surface area (Å²) in [6, 6.07) is 9.93. The van der Waals surface area contributed by atoms with Crippen molar-refractivity contribution in [2.24, 2.45) is 11.7 Å². The van der Waals surface area contributed by atoms with Crippen LogP contribution in [0.3, 0.4) is 0 Å². The molecule has 1 saturated carbocycles. The zero-order valence-electron chi connectivity index (χ0n) is 12.0. The molecule has 4 nitrogen and oxygen atoms in total. The van der Waals surface area contributed by atoms with E-state index in [0.29, 0.717) is 18.1 Å². The van der Waals surface area contributed by atoms with Gasteiger partial charge in [-0.1, -0.05) is 30.3 Å². The van der Waals surface area contributed by atoms with Gasteiger partial charge in [-0.25, -0.2) is 0 Å². The zero-order chi connectivity index (χ0) is 14.4. The lowest BCUT2D eigenvalue weighted by atomic mass is 10.1. The lowest BCUT2D eigenvalue weighted by Crippen LogP contribution is -2.33. The van der Waals surface area contributed by atoms with Gasteiger partial charge in [0.05, 0.1) is 0 Å². The SMILES string of the molecule is Cl.NC1CCC(C(=O)NCCS(=O)Cc2ccccc2)C1. The van der Waals surface area contributed by atoms with Crippen LogP contribution in [-0.4, -0.2) is 28.5 Å². The van der Waals surface area contributed by atoms with Gasteiger partial charge in [0.15, 0.2) is 0 Å². The Labute approximate surface area is 134 Å². The lowest BCUT2D eigenvalue weighted by molar-refractivity contribution is -0.124. The molecule has 3 unspecified atom stereocenters. The number of benzene rings is 1. The maximum Gasteiger partial charge on any atom is 0.223 e. The first-order chi connectivity index (χ1) is 9.65. The second-order valence-corrected chi connectivity index (χ2v) is 6.91. The Bertz CT molecular complexity index is 470. The number of halogens is 1. The molecule has 3 atom stereocenters. The molecule has 0 saturated heterocycles. The molecule has 3 N–H and O–H groups in total. The van der Waals surface area contributed by atoms with E-state index in [1.165, 1.54) is 0 Å². The van der Waals surface area contributed by atoms with E-state index in [1.807, 2.05) is 30.3 Å². The second-order valence-electron chi connectivity index (χ2n) is 5.33. The summed E-state index contributed by atoms with van der Waals surface area (Å²) in [6.07, 6.45) is 2.58. The summed E-state index contributed by atoms with van der Waals surface area (Å²) in [6.45, 7) is 0.476. The van der Waals surface area contributed by atoms with Gasteiger partial charge in [0.2, 0.25) is 5.91 Å². The lowest BCUT2D eigenvalue weighted by Gasteiger charge is -2.10. The number of amides is 1. The number of carbonyl (C=O) groups excluding carboxylic acids is 1. The summed E-state index contributed by atoms with van der Waals surface area (Å²) in [7, 11) is -0.935. The minimum absolute atomic E-state index is 0. The molecule has 0 spiro atoms. The van der Waals surface area contributed by atoms with E-state index in [9.17, 15) is 9.00 Å². The fraction of sp³-hybridized carbons (Fsp3) is 0.533. The van der Waals surface area contributed by atoms with Crippen molar-refractivity contribution in [3.63, 3.8) is 0 Å². The molecular formula is C15H23ClN2O2S. The molecule has 0 heterocycles. The van der Waals surface area contributed by atoms with Crippen LogP contribution in [0.25, 0.3) is 0 Å². The highest BCUT2D eigenvalue weighted by molar-refractivity contribution is 7.84. The third-order valence-corrected chi connectivity index (χ3v) is 4.96. The highest BCUT2D eigenvalue weighted by Gasteiger charge is 2.27. The van der Waals surface area contributed by atoms with Crippen LogP contribution in [0.15, 0.2) is 30.3 Å². The summed E-state index contributed by atoms with van der Waals surface area (Å²) in [5, 5.41) is 2.87. The molecule has 2 rings (SSSR count). The molecular weight excluding hydrogens is 308 g/mol. The zero-order valence-corrected chi connectivity index (χ0v) is 13.6. The third kappa shape index (κ3) is 6.16. The number of hydrogen-bond acceptors (Lipinski definition) is 3. The monoisotopic (exact) mass is 330 g/mol. The Morgan fingerprint density at radius 1 is 1.29 bits per heavy atom. The van der Waals surface area contributed by atoms with Crippen LogP contribution >= 0.6 is 12.4 Å². The van der Waals surface area contributed by atoms with Crippen molar-refractivity contribution in [3.05, 3.63) is 35.9 Å². The first-order valence-corrected chi connectivity index (χ1v) is 8.56. The van der Waals surface area contributed by atoms with Crippen LogP contribution in [0.2, 0.25) is 0 Å². The fourth-order valence-corrected chi connectivity index (χ4v) is 3.56. The molecule has 0 aromatic heterocycles. The normalized spacial score (nSPS) is 22.3. The number of rotatable bonds is 6. The predicted molar refractivity (Wildman–Crippen MR) is 88.7 cm³/mol. The molecule has 1 aliphatic rings. The Morgan fingerprint density at radius 3 is 2.62 bits per heavy atom. The average Bonchev–Trinajstić information content (AvgIpc) is 2.86. The number of hydrogen-bond donors (Lipinski definition) is 2. The number of nitrogens with one attached hydrogen (secondary N) is 1. The average molecular weight is 331 g/mol. The highest BCUT2D eigenvalue weighted by Crippen LogP contribution is 2.23. The molecule has 1 fully saturated rings. The Kier molecular flexibility index (Phi) is 7.93. The molecule has 6 heteroatoms. The van der Waals surface area contributed by atoms with Crippen molar-refractivity contribution in [3.8, 4) is 0 Å². The minimum atomic E-state index is -0.935. The fourth-order valence-electron chi connectivity index (χ4n) is 2.52. The van der Waals surface area contributed by atoms with Crippen LogP contribution < -0.4 is 11.1 Å². The van der Waals surface area contributed by atoms with Crippen molar-refractivity contribution in [2.75, 3.05) is 12.3 Å². The molecule has 118 valence electrons. The topological polar surface area (TPSA) is 72.2 Å². The summed E-state index contributed by atoms with van der Waals surface area (Å²) >= 11 is 0. The van der Waals surface area contributed by atoms with E-state index in [2.05, 4.69) is 5.32 Å². The van der Waals surface area contributed by atoms with Crippen LogP contribution in [0.1, 0.15) is 24.8 Å². The quantitative estimate of drug-likeness (QED) is 0.832. The van der Waals surface area contributed by atoms with E-state index in [0.717, 1.165) is 24.8 Å². The highest BCUT2D eigenvalue weighted by atomic mass is 35.5. The van der Waals surface area contributed by atoms with Gasteiger partial charge in [-0.05, 0) is 24.8 Å². The molecule has 1 amide bonds. The third-order valence-electron chi connectivity index (χ3n) is 3.64. The Hall–Kier alpha value is -0.910. The van der Waals surface area contributed by atoms with Gasteiger partial charge in [0.1, 0.15) is 0 Å². The Morgan fingerprint density at radius 2 is 2.00 bits per heavy atom. The van der Waals surface area contributed by atoms with Gasteiger partial charge >= 0.3 is 0 Å². The van der Waals surface area contributed by atoms with Crippen molar-refractivity contribution >= 4 is 29.1 Å². The van der Waals surface area contributed by atoms with Crippen LogP contribution in [0, 0.1) is 5.92 Å². The molecule has 21 heavy (non-hydrogen) atoms. The van der Waals surface area contributed by atoms with Gasteiger partial charge in [-0.3, -0.25) is 9.00 Å². The van der Waals surface area contributed by atoms with Crippen LogP contribution in [-0.2, 0) is 21.3 Å². The van der Waals surface area contributed by atoms with Crippen molar-refractivity contribution in [1.82, 2.24) is 5.32 Å². The summed E-state index contributed by atoms with van der Waals surface area (Å²) < 4.78 is 11.9. The molecule has 1 aliphatic carbocycles. The number of nitrogens with two attached hydrogens (primary N) is 1. The molecule has 0 radical (unpaired) electrons. The van der Waals surface area contributed by atoms with E-state index < -0.39 is 10.8 Å². The van der Waals surface area contributed by atoms with Crippen LogP contribution in [0.4, 0.5) is 0 Å². The smallest absolute Gasteiger partial charge is 0.223 e. The first kappa shape index (κ1) is 18.1. The summed E-state index contributed by atoms with van der Waals surface area (Å²) in [5.41, 5.74) is 6.87. The van der Waals surface area contributed by atoms with Gasteiger partial charge in [0.25, 0.3) is 0 Å². The van der Waals surface area contributed by atoms with E-state index >= 15 is 0 Å². The largest absolute Gasteiger partial charge is 0.355 e. The second kappa shape index (κ2) is 9.18. The van der Waals surface area contributed by atoms with Gasteiger partial charge in [0, 0.05) is 40.8 Å². The first-order valence-electron chi connectivity index (χ1n) is 7.07. The number of carbonyl (C=O) groups is 1.